The largest absolute Gasteiger partial charge is 0.476 e. The molecule has 7 nitrogen and oxygen atoms in total. The lowest BCUT2D eigenvalue weighted by Crippen LogP contribution is -2.46. The van der Waals surface area contributed by atoms with E-state index >= 15 is 0 Å². The van der Waals surface area contributed by atoms with Crippen molar-refractivity contribution < 1.29 is 9.90 Å². The number of aromatic nitrogens is 3. The van der Waals surface area contributed by atoms with Crippen LogP contribution in [0.2, 0.25) is 0 Å². The molecule has 2 heterocycles. The molecule has 1 N–H and O–H groups in total. The minimum Gasteiger partial charge on any atom is -0.476 e. The van der Waals surface area contributed by atoms with Crippen LogP contribution in [-0.2, 0) is 0 Å². The lowest BCUT2D eigenvalue weighted by molar-refractivity contribution is 0.0690. The smallest absolute Gasteiger partial charge is 0.360 e. The number of hydrogen-bond acceptors (Lipinski definition) is 5. The number of carbonyl (C=O) groups is 1. The molecule has 0 amide bonds. The van der Waals surface area contributed by atoms with Gasteiger partial charge in [0.2, 0.25) is 5.69 Å². The summed E-state index contributed by atoms with van der Waals surface area (Å²) in [6.07, 6.45) is 0. The number of carboxylic acid groups (broad SMARTS) is 1. The number of aromatic carboxylic acids is 1. The zero-order chi connectivity index (χ0) is 16.4. The summed E-state index contributed by atoms with van der Waals surface area (Å²) in [5, 5.41) is 18.1. The first-order chi connectivity index (χ1) is 11.1. The highest BCUT2D eigenvalue weighted by molar-refractivity contribution is 5.91. The average Bonchev–Trinajstić information content (AvgIpc) is 3.01. The molecule has 2 aromatic rings. The number of aryl methyl sites for hydroxylation is 1. The maximum absolute atomic E-state index is 11.5. The Bertz CT molecular complexity index is 687. The second-order valence-electron chi connectivity index (χ2n) is 5.72. The Balaban J connectivity index is 1.90. The summed E-state index contributed by atoms with van der Waals surface area (Å²) in [4.78, 5) is 17.3. The monoisotopic (exact) mass is 315 g/mol. The summed E-state index contributed by atoms with van der Waals surface area (Å²) in [6.45, 7) is 8.49. The van der Waals surface area contributed by atoms with Crippen molar-refractivity contribution in [3.8, 4) is 5.69 Å². The third kappa shape index (κ3) is 3.19. The van der Waals surface area contributed by atoms with Gasteiger partial charge >= 0.3 is 5.97 Å². The second-order valence-corrected chi connectivity index (χ2v) is 5.72. The summed E-state index contributed by atoms with van der Waals surface area (Å²) in [5.41, 5.74) is 1.90. The van der Waals surface area contributed by atoms with Crippen LogP contribution in [0.25, 0.3) is 5.69 Å². The van der Waals surface area contributed by atoms with E-state index in [0.29, 0.717) is 5.82 Å². The van der Waals surface area contributed by atoms with Gasteiger partial charge in [0.25, 0.3) is 0 Å². The van der Waals surface area contributed by atoms with E-state index < -0.39 is 5.97 Å². The number of carboxylic acids is 1. The Kier molecular flexibility index (Phi) is 4.29. The van der Waals surface area contributed by atoms with Gasteiger partial charge in [0.15, 0.2) is 5.82 Å². The molecular formula is C16H21N5O2. The molecule has 0 radical (unpaired) electrons. The Hall–Kier alpha value is -2.41. The predicted molar refractivity (Wildman–Crippen MR) is 87.4 cm³/mol. The third-order valence-electron chi connectivity index (χ3n) is 4.18. The van der Waals surface area contributed by atoms with E-state index in [-0.39, 0.29) is 5.69 Å². The molecule has 1 saturated heterocycles. The summed E-state index contributed by atoms with van der Waals surface area (Å²) < 4.78 is 0. The quantitative estimate of drug-likeness (QED) is 0.919. The van der Waals surface area contributed by atoms with E-state index in [0.717, 1.165) is 44.0 Å². The van der Waals surface area contributed by atoms with Crippen LogP contribution in [0.3, 0.4) is 0 Å². The molecule has 0 aliphatic carbocycles. The van der Waals surface area contributed by atoms with Crippen LogP contribution in [0.15, 0.2) is 24.3 Å². The van der Waals surface area contributed by atoms with Gasteiger partial charge in [-0.3, -0.25) is 0 Å². The number of hydrogen-bond donors (Lipinski definition) is 1. The molecule has 1 aliphatic rings. The van der Waals surface area contributed by atoms with Crippen molar-refractivity contribution in [1.82, 2.24) is 19.9 Å². The van der Waals surface area contributed by atoms with Crippen molar-refractivity contribution >= 4 is 11.8 Å². The van der Waals surface area contributed by atoms with Crippen molar-refractivity contribution in [3.63, 3.8) is 0 Å². The van der Waals surface area contributed by atoms with Crippen LogP contribution in [0.1, 0.15) is 23.0 Å². The fourth-order valence-corrected chi connectivity index (χ4v) is 2.72. The van der Waals surface area contributed by atoms with Crippen molar-refractivity contribution in [2.45, 2.75) is 13.8 Å². The fraction of sp³-hybridized carbons (Fsp3) is 0.438. The molecule has 0 saturated carbocycles. The van der Waals surface area contributed by atoms with Crippen LogP contribution >= 0.6 is 0 Å². The van der Waals surface area contributed by atoms with Gasteiger partial charge in [-0.05, 0) is 25.6 Å². The standard InChI is InChI=1S/C16H21N5O2/c1-3-19-8-10-20(11-9-19)15-14(16(22)23)17-21(18-15)13-6-4-12(2)5-7-13/h4-7H,3,8-11H2,1-2H3,(H,22,23). The lowest BCUT2D eigenvalue weighted by Gasteiger charge is -2.34. The molecule has 0 spiro atoms. The van der Waals surface area contributed by atoms with Gasteiger partial charge in [-0.25, -0.2) is 4.79 Å². The van der Waals surface area contributed by atoms with Crippen LogP contribution in [0.4, 0.5) is 5.82 Å². The lowest BCUT2D eigenvalue weighted by atomic mass is 10.2. The molecule has 0 unspecified atom stereocenters. The highest BCUT2D eigenvalue weighted by atomic mass is 16.4. The molecule has 7 heteroatoms. The zero-order valence-corrected chi connectivity index (χ0v) is 13.4. The maximum atomic E-state index is 11.5. The van der Waals surface area contributed by atoms with Crippen molar-refractivity contribution in [2.24, 2.45) is 0 Å². The summed E-state index contributed by atoms with van der Waals surface area (Å²) in [5.74, 6) is -0.592. The molecular weight excluding hydrogens is 294 g/mol. The van der Waals surface area contributed by atoms with Crippen LogP contribution in [0.5, 0.6) is 0 Å². The third-order valence-corrected chi connectivity index (χ3v) is 4.18. The first-order valence-electron chi connectivity index (χ1n) is 7.83. The van der Waals surface area contributed by atoms with Gasteiger partial charge in [-0.2, -0.15) is 0 Å². The second kappa shape index (κ2) is 6.37. The van der Waals surface area contributed by atoms with Gasteiger partial charge in [0.05, 0.1) is 5.69 Å². The van der Waals surface area contributed by atoms with Gasteiger partial charge in [0, 0.05) is 26.2 Å². The fourth-order valence-electron chi connectivity index (χ4n) is 2.72. The highest BCUT2D eigenvalue weighted by Gasteiger charge is 2.26. The molecule has 1 fully saturated rings. The van der Waals surface area contributed by atoms with Gasteiger partial charge in [-0.15, -0.1) is 15.0 Å². The molecule has 0 bridgehead atoms. The maximum Gasteiger partial charge on any atom is 0.360 e. The molecule has 23 heavy (non-hydrogen) atoms. The molecule has 122 valence electrons. The van der Waals surface area contributed by atoms with E-state index in [4.69, 9.17) is 0 Å². The Labute approximate surface area is 135 Å². The summed E-state index contributed by atoms with van der Waals surface area (Å²) >= 11 is 0. The topological polar surface area (TPSA) is 74.5 Å². The number of benzene rings is 1. The van der Waals surface area contributed by atoms with E-state index in [1.807, 2.05) is 36.1 Å². The number of rotatable bonds is 4. The van der Waals surface area contributed by atoms with Gasteiger partial charge in [-0.1, -0.05) is 24.6 Å². The van der Waals surface area contributed by atoms with Gasteiger partial charge < -0.3 is 14.9 Å². The Morgan fingerprint density at radius 2 is 1.78 bits per heavy atom. The number of likely N-dealkylation sites (N-methyl/N-ethyl adjacent to an activating group) is 1. The Morgan fingerprint density at radius 3 is 2.35 bits per heavy atom. The normalized spacial score (nSPS) is 15.8. The van der Waals surface area contributed by atoms with E-state index in [1.165, 1.54) is 4.80 Å². The minimum absolute atomic E-state index is 0.00974. The summed E-state index contributed by atoms with van der Waals surface area (Å²) in [6, 6.07) is 7.69. The van der Waals surface area contributed by atoms with Crippen molar-refractivity contribution in [1.29, 1.82) is 0 Å². The number of anilines is 1. The van der Waals surface area contributed by atoms with Gasteiger partial charge in [0.1, 0.15) is 0 Å². The van der Waals surface area contributed by atoms with Crippen molar-refractivity contribution in [2.75, 3.05) is 37.6 Å². The van der Waals surface area contributed by atoms with Crippen molar-refractivity contribution in [3.05, 3.63) is 35.5 Å². The average molecular weight is 315 g/mol. The molecule has 1 aromatic heterocycles. The first-order valence-corrected chi connectivity index (χ1v) is 7.83. The van der Waals surface area contributed by atoms with Crippen LogP contribution in [-0.4, -0.2) is 63.7 Å². The predicted octanol–water partition coefficient (Wildman–Crippen LogP) is 1.42. The number of piperazine rings is 1. The van der Waals surface area contributed by atoms with Crippen LogP contribution < -0.4 is 4.90 Å². The van der Waals surface area contributed by atoms with E-state index in [9.17, 15) is 9.90 Å². The van der Waals surface area contributed by atoms with E-state index in [2.05, 4.69) is 22.0 Å². The zero-order valence-electron chi connectivity index (χ0n) is 13.4. The highest BCUT2D eigenvalue weighted by Crippen LogP contribution is 2.20. The number of nitrogens with zero attached hydrogens (tertiary/aromatic N) is 5. The Morgan fingerprint density at radius 1 is 1.13 bits per heavy atom. The molecule has 0 atom stereocenters. The van der Waals surface area contributed by atoms with Crippen LogP contribution in [0, 0.1) is 6.92 Å². The molecule has 3 rings (SSSR count). The SMILES string of the molecule is CCN1CCN(c2nn(-c3ccc(C)cc3)nc2C(=O)O)CC1. The molecule has 1 aliphatic heterocycles. The summed E-state index contributed by atoms with van der Waals surface area (Å²) in [7, 11) is 0. The first kappa shape index (κ1) is 15.5. The minimum atomic E-state index is -1.05. The van der Waals surface area contributed by atoms with E-state index in [1.54, 1.807) is 0 Å². The molecule has 1 aromatic carbocycles.